The Morgan fingerprint density at radius 3 is 2.20 bits per heavy atom. The molecule has 0 aromatic heterocycles. The van der Waals surface area contributed by atoms with Crippen LogP contribution in [0.3, 0.4) is 0 Å². The number of hydrogen-bond donors (Lipinski definition) is 0. The molecule has 0 fully saturated rings. The van der Waals surface area contributed by atoms with E-state index in [1.54, 1.807) is 11.8 Å². The van der Waals surface area contributed by atoms with Gasteiger partial charge in [0.2, 0.25) is 0 Å². The maximum Gasteiger partial charge on any atom is 0.176 e. The van der Waals surface area contributed by atoms with Crippen LogP contribution in [0.4, 0.5) is 0 Å². The second kappa shape index (κ2) is 6.27. The van der Waals surface area contributed by atoms with Gasteiger partial charge in [0, 0.05) is 10.5 Å². The quantitative estimate of drug-likeness (QED) is 0.582. The maximum atomic E-state index is 12.6. The lowest BCUT2D eigenvalue weighted by atomic mass is 10.0. The minimum absolute atomic E-state index is 0.0711. The van der Waals surface area contributed by atoms with E-state index in [4.69, 9.17) is 0 Å². The van der Waals surface area contributed by atoms with Crippen molar-refractivity contribution in [2.75, 3.05) is 0 Å². The molecule has 0 amide bonds. The molecule has 0 saturated heterocycles. The van der Waals surface area contributed by atoms with Crippen molar-refractivity contribution in [3.8, 4) is 0 Å². The van der Waals surface area contributed by atoms with Gasteiger partial charge in [-0.1, -0.05) is 35.4 Å². The molecular formula is C18H20OS. The van der Waals surface area contributed by atoms with Crippen molar-refractivity contribution in [3.63, 3.8) is 0 Å². The average molecular weight is 284 g/mol. The third-order valence-corrected chi connectivity index (χ3v) is 4.47. The molecule has 0 aliphatic rings. The van der Waals surface area contributed by atoms with Gasteiger partial charge in [0.25, 0.3) is 0 Å². The molecule has 0 aliphatic heterocycles. The van der Waals surface area contributed by atoms with E-state index in [2.05, 4.69) is 31.2 Å². The first kappa shape index (κ1) is 14.9. The van der Waals surface area contributed by atoms with Crippen LogP contribution in [0.15, 0.2) is 47.4 Å². The number of thioether (sulfide) groups is 1. The topological polar surface area (TPSA) is 17.1 Å². The van der Waals surface area contributed by atoms with Gasteiger partial charge in [0.1, 0.15) is 0 Å². The molecule has 0 N–H and O–H groups in total. The number of rotatable bonds is 4. The van der Waals surface area contributed by atoms with Crippen molar-refractivity contribution >= 4 is 17.5 Å². The predicted molar refractivity (Wildman–Crippen MR) is 86.7 cm³/mol. The molecule has 2 rings (SSSR count). The molecular weight excluding hydrogens is 264 g/mol. The van der Waals surface area contributed by atoms with E-state index in [9.17, 15) is 4.79 Å². The average Bonchev–Trinajstić information content (AvgIpc) is 2.43. The molecule has 0 radical (unpaired) electrons. The van der Waals surface area contributed by atoms with Crippen molar-refractivity contribution in [1.29, 1.82) is 0 Å². The number of benzene rings is 2. The summed E-state index contributed by atoms with van der Waals surface area (Å²) in [5, 5.41) is -0.0711. The van der Waals surface area contributed by atoms with Crippen LogP contribution in [0.25, 0.3) is 0 Å². The molecule has 1 atom stereocenters. The zero-order valence-electron chi connectivity index (χ0n) is 12.4. The van der Waals surface area contributed by atoms with E-state index in [0.29, 0.717) is 0 Å². The van der Waals surface area contributed by atoms with Crippen LogP contribution in [0.5, 0.6) is 0 Å². The summed E-state index contributed by atoms with van der Waals surface area (Å²) in [5.41, 5.74) is 4.27. The largest absolute Gasteiger partial charge is 0.293 e. The van der Waals surface area contributed by atoms with Crippen LogP contribution >= 0.6 is 11.8 Å². The molecule has 20 heavy (non-hydrogen) atoms. The first-order chi connectivity index (χ1) is 9.47. The van der Waals surface area contributed by atoms with Crippen molar-refractivity contribution < 1.29 is 4.79 Å². The van der Waals surface area contributed by atoms with E-state index >= 15 is 0 Å². The van der Waals surface area contributed by atoms with E-state index in [0.717, 1.165) is 21.6 Å². The summed E-state index contributed by atoms with van der Waals surface area (Å²) in [5.74, 6) is 0.205. The van der Waals surface area contributed by atoms with Gasteiger partial charge in [-0.2, -0.15) is 0 Å². The van der Waals surface area contributed by atoms with Gasteiger partial charge in [-0.15, -0.1) is 11.8 Å². The smallest absolute Gasteiger partial charge is 0.176 e. The molecule has 0 aliphatic carbocycles. The molecule has 0 spiro atoms. The summed E-state index contributed by atoms with van der Waals surface area (Å²) in [6, 6.07) is 14.4. The van der Waals surface area contributed by atoms with Crippen LogP contribution in [0, 0.1) is 20.8 Å². The number of carbonyl (C=O) groups is 1. The van der Waals surface area contributed by atoms with Crippen LogP contribution in [0.1, 0.15) is 34.0 Å². The summed E-state index contributed by atoms with van der Waals surface area (Å²) < 4.78 is 0. The van der Waals surface area contributed by atoms with Crippen LogP contribution in [-0.2, 0) is 0 Å². The summed E-state index contributed by atoms with van der Waals surface area (Å²) in [6.07, 6.45) is 0. The number of hydrogen-bond acceptors (Lipinski definition) is 2. The minimum Gasteiger partial charge on any atom is -0.293 e. The molecule has 1 nitrogen and oxygen atoms in total. The van der Waals surface area contributed by atoms with Gasteiger partial charge < -0.3 is 0 Å². The highest BCUT2D eigenvalue weighted by Gasteiger charge is 2.18. The lowest BCUT2D eigenvalue weighted by Gasteiger charge is -2.13. The Kier molecular flexibility index (Phi) is 4.66. The van der Waals surface area contributed by atoms with Crippen molar-refractivity contribution in [2.45, 2.75) is 37.8 Å². The minimum atomic E-state index is -0.0711. The number of Topliss-reactive ketones (excluding diaryl/α,β-unsaturated/α-hetero) is 1. The van der Waals surface area contributed by atoms with Gasteiger partial charge in [0.15, 0.2) is 5.78 Å². The Morgan fingerprint density at radius 1 is 0.950 bits per heavy atom. The van der Waals surface area contributed by atoms with E-state index in [-0.39, 0.29) is 11.0 Å². The first-order valence-corrected chi connectivity index (χ1v) is 7.70. The second-order valence-electron chi connectivity index (χ2n) is 5.26. The Balaban J connectivity index is 2.16. The molecule has 0 bridgehead atoms. The summed E-state index contributed by atoms with van der Waals surface area (Å²) in [7, 11) is 0. The lowest BCUT2D eigenvalue weighted by Crippen LogP contribution is -2.15. The fourth-order valence-electron chi connectivity index (χ4n) is 2.09. The SMILES string of the molecule is Cc1ccc(SC(C)C(=O)c2cc(C)ccc2C)cc1. The Labute approximate surface area is 125 Å². The Hall–Kier alpha value is -1.54. The normalized spacial score (nSPS) is 12.2. The molecule has 0 heterocycles. The molecule has 2 heteroatoms. The number of ketones is 1. The molecule has 2 aromatic rings. The maximum absolute atomic E-state index is 12.6. The van der Waals surface area contributed by atoms with Gasteiger partial charge in [-0.05, 0) is 51.5 Å². The van der Waals surface area contributed by atoms with Gasteiger partial charge in [-0.25, -0.2) is 0 Å². The van der Waals surface area contributed by atoms with Crippen molar-refractivity contribution in [3.05, 3.63) is 64.7 Å². The number of aryl methyl sites for hydroxylation is 3. The summed E-state index contributed by atoms with van der Waals surface area (Å²) in [6.45, 7) is 8.07. The fraction of sp³-hybridized carbons (Fsp3) is 0.278. The highest BCUT2D eigenvalue weighted by atomic mass is 32.2. The molecule has 104 valence electrons. The zero-order chi connectivity index (χ0) is 14.7. The molecule has 2 aromatic carbocycles. The van der Waals surface area contributed by atoms with Crippen LogP contribution in [-0.4, -0.2) is 11.0 Å². The van der Waals surface area contributed by atoms with Crippen molar-refractivity contribution in [2.24, 2.45) is 0 Å². The standard InChI is InChI=1S/C18H20OS/c1-12-6-9-16(10-7-12)20-15(4)18(19)17-11-13(2)5-8-14(17)3/h5-11,15H,1-4H3. The fourth-order valence-corrected chi connectivity index (χ4v) is 3.03. The van der Waals surface area contributed by atoms with Gasteiger partial charge in [-0.3, -0.25) is 4.79 Å². The Bertz CT molecular complexity index is 614. The van der Waals surface area contributed by atoms with E-state index in [1.165, 1.54) is 5.56 Å². The zero-order valence-corrected chi connectivity index (χ0v) is 13.3. The highest BCUT2D eigenvalue weighted by Crippen LogP contribution is 2.27. The highest BCUT2D eigenvalue weighted by molar-refractivity contribution is 8.00. The van der Waals surface area contributed by atoms with Crippen molar-refractivity contribution in [1.82, 2.24) is 0 Å². The van der Waals surface area contributed by atoms with E-state index < -0.39 is 0 Å². The summed E-state index contributed by atoms with van der Waals surface area (Å²) in [4.78, 5) is 13.7. The van der Waals surface area contributed by atoms with Gasteiger partial charge >= 0.3 is 0 Å². The molecule has 0 saturated carbocycles. The second-order valence-corrected chi connectivity index (χ2v) is 6.67. The predicted octanol–water partition coefficient (Wildman–Crippen LogP) is 4.98. The van der Waals surface area contributed by atoms with Crippen LogP contribution < -0.4 is 0 Å². The first-order valence-electron chi connectivity index (χ1n) is 6.82. The third-order valence-electron chi connectivity index (χ3n) is 3.36. The number of carbonyl (C=O) groups excluding carboxylic acids is 1. The summed E-state index contributed by atoms with van der Waals surface area (Å²) >= 11 is 1.62. The van der Waals surface area contributed by atoms with Gasteiger partial charge in [0.05, 0.1) is 5.25 Å². The lowest BCUT2D eigenvalue weighted by molar-refractivity contribution is 0.0993. The van der Waals surface area contributed by atoms with E-state index in [1.807, 2.05) is 39.0 Å². The third kappa shape index (κ3) is 3.51. The Morgan fingerprint density at radius 2 is 1.55 bits per heavy atom. The monoisotopic (exact) mass is 284 g/mol. The molecule has 1 unspecified atom stereocenters. The van der Waals surface area contributed by atoms with Crippen LogP contribution in [0.2, 0.25) is 0 Å².